The van der Waals surface area contributed by atoms with Crippen LogP contribution in [0.1, 0.15) is 11.1 Å². The van der Waals surface area contributed by atoms with Gasteiger partial charge >= 0.3 is 0 Å². The molecule has 3 aromatic rings. The topological polar surface area (TPSA) is 62.0 Å². The number of nitrogens with zero attached hydrogens (tertiary/aromatic N) is 4. The van der Waals surface area contributed by atoms with Crippen molar-refractivity contribution in [3.8, 4) is 17.1 Å². The van der Waals surface area contributed by atoms with Crippen LogP contribution in [-0.2, 0) is 6.61 Å². The van der Waals surface area contributed by atoms with Gasteiger partial charge in [0.05, 0.1) is 0 Å². The van der Waals surface area contributed by atoms with E-state index in [2.05, 4.69) is 39.7 Å². The van der Waals surface area contributed by atoms with Crippen molar-refractivity contribution < 1.29 is 4.74 Å². The van der Waals surface area contributed by atoms with Gasteiger partial charge < -0.3 is 9.84 Å². The fourth-order valence-corrected chi connectivity index (χ4v) is 1.89. The summed E-state index contributed by atoms with van der Waals surface area (Å²) >= 11 is 0. The van der Waals surface area contributed by atoms with Crippen LogP contribution in [0.5, 0.6) is 5.75 Å². The first-order chi connectivity index (χ1) is 9.83. The second-order valence-corrected chi connectivity index (χ2v) is 4.44. The van der Waals surface area contributed by atoms with Gasteiger partial charge in [-0.15, -0.1) is 0 Å². The molecule has 0 aliphatic carbocycles. The minimum Gasteiger partial charge on any atom is -0.489 e. The number of aromatic nitrogens is 4. The van der Waals surface area contributed by atoms with E-state index >= 15 is 0 Å². The van der Waals surface area contributed by atoms with Gasteiger partial charge in [-0.1, -0.05) is 36.4 Å². The molecule has 0 aliphatic rings. The molecule has 2 aromatic carbocycles. The largest absolute Gasteiger partial charge is 0.489 e. The highest BCUT2D eigenvalue weighted by Gasteiger charge is 2.00. The van der Waals surface area contributed by atoms with Gasteiger partial charge in [0.25, 0.3) is 0 Å². The van der Waals surface area contributed by atoms with Crippen LogP contribution in [0.2, 0.25) is 0 Å². The third kappa shape index (κ3) is 2.66. The van der Waals surface area contributed by atoms with Crippen LogP contribution in [0.3, 0.4) is 0 Å². The second kappa shape index (κ2) is 5.52. The minimum atomic E-state index is 0.524. The van der Waals surface area contributed by atoms with Gasteiger partial charge in [0.2, 0.25) is 0 Å². The Hall–Kier alpha value is -2.69. The Labute approximate surface area is 116 Å². The predicted molar refractivity (Wildman–Crippen MR) is 74.1 cm³/mol. The van der Waals surface area contributed by atoms with Crippen LogP contribution in [0.15, 0.2) is 48.5 Å². The van der Waals surface area contributed by atoms with E-state index in [1.807, 2.05) is 36.4 Å². The molecule has 0 saturated carbocycles. The van der Waals surface area contributed by atoms with Crippen molar-refractivity contribution in [1.82, 2.24) is 20.6 Å². The van der Waals surface area contributed by atoms with Crippen molar-refractivity contribution in [2.45, 2.75) is 13.5 Å². The van der Waals surface area contributed by atoms with Crippen molar-refractivity contribution in [3.63, 3.8) is 0 Å². The molecule has 3 rings (SSSR count). The summed E-state index contributed by atoms with van der Waals surface area (Å²) in [6, 6.07) is 15.8. The molecule has 0 spiro atoms. The maximum absolute atomic E-state index is 5.77. The number of rotatable bonds is 4. The van der Waals surface area contributed by atoms with Crippen LogP contribution in [0.25, 0.3) is 11.4 Å². The zero-order valence-corrected chi connectivity index (χ0v) is 11.0. The lowest BCUT2D eigenvalue weighted by molar-refractivity contribution is 0.305. The maximum Gasteiger partial charge on any atom is 0.119 e. The molecule has 100 valence electrons. The maximum atomic E-state index is 5.77. The van der Waals surface area contributed by atoms with Crippen molar-refractivity contribution in [2.24, 2.45) is 0 Å². The highest BCUT2D eigenvalue weighted by molar-refractivity contribution is 5.54. The van der Waals surface area contributed by atoms with E-state index in [4.69, 9.17) is 4.74 Å². The summed E-state index contributed by atoms with van der Waals surface area (Å²) in [5, 5.41) is 14.5. The molecule has 0 aliphatic heterocycles. The average Bonchev–Trinajstić information content (AvgIpc) is 3.01. The average molecular weight is 265 g/mol. The summed E-state index contributed by atoms with van der Waals surface area (Å²) < 4.78 is 5.77. The van der Waals surface area contributed by atoms with Crippen molar-refractivity contribution in [1.29, 1.82) is 0 Å². The zero-order valence-electron chi connectivity index (χ0n) is 11.0. The number of aryl methyl sites for hydroxylation is 1. The zero-order chi connectivity index (χ0) is 13.8. The molecule has 0 bridgehead atoms. The van der Waals surface area contributed by atoms with Crippen molar-refractivity contribution in [2.75, 3.05) is 0 Å². The van der Waals surface area contributed by atoms with Gasteiger partial charge in [0, 0.05) is 5.82 Å². The van der Waals surface area contributed by atoms with Crippen LogP contribution in [0, 0.1) is 6.92 Å². The Bertz CT molecular complexity index is 677. The first kappa shape index (κ1) is 12.3. The van der Waals surface area contributed by atoms with E-state index in [0.29, 0.717) is 12.4 Å². The second-order valence-electron chi connectivity index (χ2n) is 4.44. The highest BCUT2D eigenvalue weighted by atomic mass is 16.5. The molecule has 0 atom stereocenters. The van der Waals surface area contributed by atoms with Gasteiger partial charge in [-0.3, -0.25) is 10.3 Å². The lowest BCUT2D eigenvalue weighted by Crippen LogP contribution is -1.97. The van der Waals surface area contributed by atoms with Crippen LogP contribution < -0.4 is 9.84 Å². The lowest BCUT2D eigenvalue weighted by atomic mass is 10.1. The molecule has 5 nitrogen and oxygen atoms in total. The van der Waals surface area contributed by atoms with Crippen molar-refractivity contribution in [3.05, 3.63) is 59.7 Å². The summed E-state index contributed by atoms with van der Waals surface area (Å²) in [5.74, 6) is 1.33. The number of ether oxygens (including phenoxy) is 1. The Balaban J connectivity index is 1.68. The number of tetrazole rings is 1. The Kier molecular flexibility index (Phi) is 3.41. The van der Waals surface area contributed by atoms with Gasteiger partial charge in [-0.05, 0) is 35.7 Å². The van der Waals surface area contributed by atoms with Gasteiger partial charge in [-0.25, -0.2) is 0 Å². The SMILES string of the molecule is Cc1ccccc1COc1ccc(-c2nnn[n-]2)cc1. The van der Waals surface area contributed by atoms with Gasteiger partial charge in [0.15, 0.2) is 0 Å². The molecular formula is C15H13N4O-. The third-order valence-corrected chi connectivity index (χ3v) is 3.09. The molecule has 0 unspecified atom stereocenters. The first-order valence-electron chi connectivity index (χ1n) is 6.29. The third-order valence-electron chi connectivity index (χ3n) is 3.09. The molecular weight excluding hydrogens is 252 g/mol. The fourth-order valence-electron chi connectivity index (χ4n) is 1.89. The van der Waals surface area contributed by atoms with E-state index in [1.54, 1.807) is 0 Å². The Morgan fingerprint density at radius 3 is 2.55 bits per heavy atom. The normalized spacial score (nSPS) is 10.4. The van der Waals surface area contributed by atoms with E-state index in [-0.39, 0.29) is 0 Å². The number of hydrogen-bond donors (Lipinski definition) is 0. The number of benzene rings is 2. The van der Waals surface area contributed by atoms with E-state index < -0.39 is 0 Å². The van der Waals surface area contributed by atoms with Gasteiger partial charge in [0.1, 0.15) is 12.4 Å². The highest BCUT2D eigenvalue weighted by Crippen LogP contribution is 2.19. The molecule has 0 fully saturated rings. The quantitative estimate of drug-likeness (QED) is 0.724. The van der Waals surface area contributed by atoms with E-state index in [1.165, 1.54) is 11.1 Å². The Morgan fingerprint density at radius 2 is 1.85 bits per heavy atom. The lowest BCUT2D eigenvalue weighted by Gasteiger charge is -2.09. The fraction of sp³-hybridized carbons (Fsp3) is 0.133. The van der Waals surface area contributed by atoms with Gasteiger partial charge in [-0.2, -0.15) is 5.21 Å². The van der Waals surface area contributed by atoms with E-state index in [0.717, 1.165) is 11.3 Å². The smallest absolute Gasteiger partial charge is 0.119 e. The molecule has 20 heavy (non-hydrogen) atoms. The predicted octanol–water partition coefficient (Wildman–Crippen LogP) is 2.38. The monoisotopic (exact) mass is 265 g/mol. The minimum absolute atomic E-state index is 0.524. The summed E-state index contributed by atoms with van der Waals surface area (Å²) in [4.78, 5) is 0. The van der Waals surface area contributed by atoms with E-state index in [9.17, 15) is 0 Å². The Morgan fingerprint density at radius 1 is 1.05 bits per heavy atom. The molecule has 0 radical (unpaired) electrons. The summed E-state index contributed by atoms with van der Waals surface area (Å²) in [6.45, 7) is 2.64. The summed E-state index contributed by atoms with van der Waals surface area (Å²) in [7, 11) is 0. The molecule has 5 heteroatoms. The molecule has 0 amide bonds. The van der Waals surface area contributed by atoms with Crippen LogP contribution in [0.4, 0.5) is 0 Å². The standard InChI is InChI=1S/C15H13N4O/c1-11-4-2-3-5-13(11)10-20-14-8-6-12(7-9-14)15-16-18-19-17-15/h2-9H,10H2,1H3/q-1. The first-order valence-corrected chi connectivity index (χ1v) is 6.29. The number of hydrogen-bond acceptors (Lipinski definition) is 4. The molecule has 1 aromatic heterocycles. The van der Waals surface area contributed by atoms with Crippen LogP contribution in [-0.4, -0.2) is 15.5 Å². The van der Waals surface area contributed by atoms with Crippen molar-refractivity contribution >= 4 is 0 Å². The van der Waals surface area contributed by atoms with Crippen LogP contribution >= 0.6 is 0 Å². The summed E-state index contributed by atoms with van der Waals surface area (Å²) in [5.41, 5.74) is 3.29. The molecule has 0 saturated heterocycles. The molecule has 1 heterocycles. The molecule has 0 N–H and O–H groups in total. The summed E-state index contributed by atoms with van der Waals surface area (Å²) in [6.07, 6.45) is 0.